The first-order valence-electron chi connectivity index (χ1n) is 7.21. The molecule has 0 saturated heterocycles. The van der Waals surface area contributed by atoms with Gasteiger partial charge in [-0.3, -0.25) is 4.79 Å². The Hall–Kier alpha value is -0.220. The molecule has 4 heteroatoms. The first-order valence-corrected chi connectivity index (χ1v) is 8.36. The van der Waals surface area contributed by atoms with E-state index in [4.69, 9.17) is 5.73 Å². The van der Waals surface area contributed by atoms with Gasteiger partial charge in [-0.15, -0.1) is 0 Å². The van der Waals surface area contributed by atoms with E-state index in [9.17, 15) is 4.79 Å². The molecule has 0 spiro atoms. The summed E-state index contributed by atoms with van der Waals surface area (Å²) in [5.74, 6) is 3.16. The first kappa shape index (κ1) is 15.8. The number of carbonyl (C=O) groups excluding carboxylic acids is 1. The minimum Gasteiger partial charge on any atom is -0.368 e. The lowest BCUT2D eigenvalue weighted by Crippen LogP contribution is -2.53. The van der Waals surface area contributed by atoms with Crippen LogP contribution in [0.4, 0.5) is 0 Å². The molecule has 0 radical (unpaired) electrons. The Morgan fingerprint density at radius 2 is 2.11 bits per heavy atom. The number of nitrogens with one attached hydrogen (secondary N) is 1. The molecule has 0 aromatic rings. The Balaban J connectivity index is 2.12. The van der Waals surface area contributed by atoms with Crippen LogP contribution in [0, 0.1) is 5.92 Å². The maximum absolute atomic E-state index is 11.4. The van der Waals surface area contributed by atoms with Crippen molar-refractivity contribution in [1.29, 1.82) is 0 Å². The predicted octanol–water partition coefficient (Wildman–Crippen LogP) is 2.54. The van der Waals surface area contributed by atoms with Crippen molar-refractivity contribution in [3.8, 4) is 0 Å². The van der Waals surface area contributed by atoms with Crippen LogP contribution in [0.3, 0.4) is 0 Å². The average molecular weight is 272 g/mol. The zero-order chi connectivity index (χ0) is 13.4. The van der Waals surface area contributed by atoms with Crippen LogP contribution in [0.15, 0.2) is 0 Å². The highest BCUT2D eigenvalue weighted by atomic mass is 32.2. The van der Waals surface area contributed by atoms with E-state index < -0.39 is 5.54 Å². The molecule has 1 amide bonds. The molecule has 1 unspecified atom stereocenters. The lowest BCUT2D eigenvalue weighted by molar-refractivity contribution is -0.124. The molecular weight excluding hydrogens is 244 g/mol. The Morgan fingerprint density at radius 1 is 1.44 bits per heavy atom. The van der Waals surface area contributed by atoms with Gasteiger partial charge in [-0.2, -0.15) is 11.8 Å². The normalized spacial score (nSPS) is 19.9. The van der Waals surface area contributed by atoms with Crippen LogP contribution in [0.1, 0.15) is 52.4 Å². The van der Waals surface area contributed by atoms with E-state index in [-0.39, 0.29) is 5.91 Å². The maximum atomic E-state index is 11.4. The molecule has 1 rings (SSSR count). The van der Waals surface area contributed by atoms with E-state index in [0.717, 1.165) is 31.1 Å². The smallest absolute Gasteiger partial charge is 0.237 e. The van der Waals surface area contributed by atoms with Gasteiger partial charge < -0.3 is 11.1 Å². The van der Waals surface area contributed by atoms with Crippen molar-refractivity contribution in [1.82, 2.24) is 5.32 Å². The molecule has 0 aromatic heterocycles. The average Bonchev–Trinajstić information content (AvgIpc) is 2.81. The summed E-state index contributed by atoms with van der Waals surface area (Å²) in [5.41, 5.74) is 4.94. The minimum atomic E-state index is -0.525. The van der Waals surface area contributed by atoms with Crippen molar-refractivity contribution in [2.45, 2.75) is 57.9 Å². The fourth-order valence-corrected chi connectivity index (χ4v) is 3.83. The first-order chi connectivity index (χ1) is 8.58. The fraction of sp³-hybridized carbons (Fsp3) is 0.929. The second kappa shape index (κ2) is 8.05. The van der Waals surface area contributed by atoms with Gasteiger partial charge in [0, 0.05) is 0 Å². The summed E-state index contributed by atoms with van der Waals surface area (Å²) in [6.45, 7) is 4.71. The van der Waals surface area contributed by atoms with Crippen LogP contribution in [0.5, 0.6) is 0 Å². The maximum Gasteiger partial charge on any atom is 0.237 e. The number of primary amides is 1. The molecule has 0 aliphatic heterocycles. The molecule has 0 aromatic carbocycles. The number of hydrogen-bond donors (Lipinski definition) is 2. The number of rotatable bonds is 9. The highest BCUT2D eigenvalue weighted by Gasteiger charge is 2.28. The number of hydrogen-bond acceptors (Lipinski definition) is 3. The predicted molar refractivity (Wildman–Crippen MR) is 79.8 cm³/mol. The van der Waals surface area contributed by atoms with E-state index >= 15 is 0 Å². The van der Waals surface area contributed by atoms with Crippen LogP contribution >= 0.6 is 11.8 Å². The summed E-state index contributed by atoms with van der Waals surface area (Å²) in [7, 11) is 0. The quantitative estimate of drug-likeness (QED) is 0.634. The summed E-state index contributed by atoms with van der Waals surface area (Å²) in [5, 5.41) is 3.21. The van der Waals surface area contributed by atoms with Gasteiger partial charge >= 0.3 is 0 Å². The van der Waals surface area contributed by atoms with Gasteiger partial charge in [-0.25, -0.2) is 0 Å². The lowest BCUT2D eigenvalue weighted by Gasteiger charge is -2.26. The third-order valence-electron chi connectivity index (χ3n) is 3.90. The summed E-state index contributed by atoms with van der Waals surface area (Å²) in [6, 6.07) is 0. The van der Waals surface area contributed by atoms with Crippen LogP contribution in [-0.4, -0.2) is 29.5 Å². The van der Waals surface area contributed by atoms with Gasteiger partial charge in [0.1, 0.15) is 0 Å². The van der Waals surface area contributed by atoms with Gasteiger partial charge in [-0.1, -0.05) is 19.8 Å². The molecule has 18 heavy (non-hydrogen) atoms. The van der Waals surface area contributed by atoms with Gasteiger partial charge in [-0.05, 0) is 56.6 Å². The van der Waals surface area contributed by atoms with Gasteiger partial charge in [0.05, 0.1) is 5.54 Å². The number of thioether (sulfide) groups is 1. The monoisotopic (exact) mass is 272 g/mol. The molecular formula is C14H28N2OS. The summed E-state index contributed by atoms with van der Waals surface area (Å²) in [4.78, 5) is 11.4. The third kappa shape index (κ3) is 5.19. The van der Waals surface area contributed by atoms with Crippen molar-refractivity contribution in [3.05, 3.63) is 0 Å². The van der Waals surface area contributed by atoms with Gasteiger partial charge in [0.15, 0.2) is 0 Å². The second-order valence-corrected chi connectivity index (χ2v) is 6.71. The number of amides is 1. The molecule has 0 heterocycles. The van der Waals surface area contributed by atoms with Crippen molar-refractivity contribution in [2.75, 3.05) is 18.1 Å². The van der Waals surface area contributed by atoms with Crippen LogP contribution in [0.2, 0.25) is 0 Å². The van der Waals surface area contributed by atoms with Crippen molar-refractivity contribution >= 4 is 17.7 Å². The molecule has 106 valence electrons. The van der Waals surface area contributed by atoms with Crippen LogP contribution < -0.4 is 11.1 Å². The summed E-state index contributed by atoms with van der Waals surface area (Å²) in [6.07, 6.45) is 7.58. The van der Waals surface area contributed by atoms with E-state index in [1.807, 2.05) is 25.6 Å². The third-order valence-corrected chi connectivity index (χ3v) is 5.19. The largest absolute Gasteiger partial charge is 0.368 e. The highest BCUT2D eigenvalue weighted by molar-refractivity contribution is 7.99. The fourth-order valence-electron chi connectivity index (χ4n) is 2.64. The Bertz CT molecular complexity index is 254. The molecule has 1 fully saturated rings. The highest BCUT2D eigenvalue weighted by Crippen LogP contribution is 2.28. The Labute approximate surface area is 116 Å². The van der Waals surface area contributed by atoms with Crippen molar-refractivity contribution < 1.29 is 4.79 Å². The number of carbonyl (C=O) groups is 1. The lowest BCUT2D eigenvalue weighted by atomic mass is 9.95. The van der Waals surface area contributed by atoms with E-state index in [0.29, 0.717) is 0 Å². The molecule has 1 aliphatic rings. The Morgan fingerprint density at radius 3 is 2.67 bits per heavy atom. The van der Waals surface area contributed by atoms with E-state index in [1.165, 1.54) is 31.4 Å². The van der Waals surface area contributed by atoms with Gasteiger partial charge in [0.2, 0.25) is 5.91 Å². The molecule has 1 atom stereocenters. The minimum absolute atomic E-state index is 0.231. The van der Waals surface area contributed by atoms with Crippen molar-refractivity contribution in [3.63, 3.8) is 0 Å². The van der Waals surface area contributed by atoms with Crippen LogP contribution in [-0.2, 0) is 4.79 Å². The topological polar surface area (TPSA) is 55.1 Å². The Kier molecular flexibility index (Phi) is 7.08. The number of nitrogens with two attached hydrogens (primary N) is 1. The summed E-state index contributed by atoms with van der Waals surface area (Å²) >= 11 is 2.04. The molecule has 0 bridgehead atoms. The zero-order valence-electron chi connectivity index (χ0n) is 11.8. The van der Waals surface area contributed by atoms with Crippen LogP contribution in [0.25, 0.3) is 0 Å². The van der Waals surface area contributed by atoms with Crippen molar-refractivity contribution in [2.24, 2.45) is 11.7 Å². The van der Waals surface area contributed by atoms with E-state index in [2.05, 4.69) is 5.32 Å². The SMILES string of the molecule is CCNC(C)(CCCSCC1CCCC1)C(N)=O. The second-order valence-electron chi connectivity index (χ2n) is 5.56. The summed E-state index contributed by atoms with van der Waals surface area (Å²) < 4.78 is 0. The van der Waals surface area contributed by atoms with Gasteiger partial charge in [0.25, 0.3) is 0 Å². The molecule has 1 aliphatic carbocycles. The molecule has 3 N–H and O–H groups in total. The van der Waals surface area contributed by atoms with E-state index in [1.54, 1.807) is 0 Å². The standard InChI is InChI=1S/C14H28N2OS/c1-3-16-14(2,13(15)17)9-6-10-18-11-12-7-4-5-8-12/h12,16H,3-11H2,1-2H3,(H2,15,17). The zero-order valence-corrected chi connectivity index (χ0v) is 12.7. The molecule has 3 nitrogen and oxygen atoms in total. The molecule has 1 saturated carbocycles. The number of likely N-dealkylation sites (N-methyl/N-ethyl adjacent to an activating group) is 1.